The number of halogens is 1. The molecular formula is C21H30IN7. The third kappa shape index (κ3) is 6.59. The molecule has 0 atom stereocenters. The van der Waals surface area contributed by atoms with Crippen molar-refractivity contribution in [1.82, 2.24) is 30.0 Å². The van der Waals surface area contributed by atoms with Crippen molar-refractivity contribution in [2.75, 3.05) is 13.1 Å². The fourth-order valence-corrected chi connectivity index (χ4v) is 3.12. The molecule has 0 aliphatic rings. The van der Waals surface area contributed by atoms with Crippen LogP contribution in [0.15, 0.2) is 54.0 Å². The van der Waals surface area contributed by atoms with E-state index in [-0.39, 0.29) is 24.0 Å². The van der Waals surface area contributed by atoms with E-state index in [0.29, 0.717) is 6.54 Å². The van der Waals surface area contributed by atoms with E-state index >= 15 is 0 Å². The third-order valence-electron chi connectivity index (χ3n) is 4.43. The molecule has 0 radical (unpaired) electrons. The predicted octanol–water partition coefficient (Wildman–Crippen LogP) is 3.45. The highest BCUT2D eigenvalue weighted by atomic mass is 127. The lowest BCUT2D eigenvalue weighted by molar-refractivity contribution is 0.624. The molecule has 0 spiro atoms. The van der Waals surface area contributed by atoms with Crippen LogP contribution in [0.25, 0.3) is 5.69 Å². The molecule has 0 unspecified atom stereocenters. The number of rotatable bonds is 8. The smallest absolute Gasteiger partial charge is 0.191 e. The van der Waals surface area contributed by atoms with Gasteiger partial charge in [-0.1, -0.05) is 18.2 Å². The van der Waals surface area contributed by atoms with Gasteiger partial charge in [0.1, 0.15) is 0 Å². The Bertz CT molecular complexity index is 900. The number of para-hydroxylation sites is 1. The summed E-state index contributed by atoms with van der Waals surface area (Å²) in [6.45, 7) is 9.37. The van der Waals surface area contributed by atoms with Crippen molar-refractivity contribution in [3.05, 3.63) is 66.0 Å². The molecule has 2 N–H and O–H groups in total. The number of aromatic nitrogens is 4. The van der Waals surface area contributed by atoms with Gasteiger partial charge in [-0.3, -0.25) is 0 Å². The summed E-state index contributed by atoms with van der Waals surface area (Å²) < 4.78 is 4.07. The van der Waals surface area contributed by atoms with E-state index in [1.54, 1.807) is 6.20 Å². The zero-order chi connectivity index (χ0) is 19.8. The van der Waals surface area contributed by atoms with Gasteiger partial charge < -0.3 is 15.2 Å². The molecule has 2 heterocycles. The third-order valence-corrected chi connectivity index (χ3v) is 4.43. The van der Waals surface area contributed by atoms with E-state index in [1.807, 2.05) is 36.3 Å². The SMILES string of the molecule is CCNC(=NCc1ccccc1-n1nc(C)cc1C)NCCCn1ccnc1.I. The van der Waals surface area contributed by atoms with E-state index in [1.165, 1.54) is 0 Å². The van der Waals surface area contributed by atoms with Crippen LogP contribution < -0.4 is 10.6 Å². The van der Waals surface area contributed by atoms with Crippen LogP contribution in [0, 0.1) is 13.8 Å². The van der Waals surface area contributed by atoms with Gasteiger partial charge in [0.15, 0.2) is 5.96 Å². The molecule has 8 heteroatoms. The minimum Gasteiger partial charge on any atom is -0.357 e. The van der Waals surface area contributed by atoms with Crippen LogP contribution in [0.5, 0.6) is 0 Å². The first kappa shape index (κ1) is 22.9. The Balaban J connectivity index is 0.00000300. The van der Waals surface area contributed by atoms with Gasteiger partial charge in [-0.15, -0.1) is 24.0 Å². The maximum Gasteiger partial charge on any atom is 0.191 e. The Hall–Kier alpha value is -2.36. The minimum atomic E-state index is 0. The zero-order valence-corrected chi connectivity index (χ0v) is 19.6. The van der Waals surface area contributed by atoms with Gasteiger partial charge in [-0.25, -0.2) is 14.7 Å². The topological polar surface area (TPSA) is 72.1 Å². The number of nitrogens with one attached hydrogen (secondary N) is 2. The summed E-state index contributed by atoms with van der Waals surface area (Å²) in [6.07, 6.45) is 6.63. The molecule has 0 saturated heterocycles. The fraction of sp³-hybridized carbons (Fsp3) is 0.381. The van der Waals surface area contributed by atoms with Gasteiger partial charge in [0.25, 0.3) is 0 Å². The minimum absolute atomic E-state index is 0. The summed E-state index contributed by atoms with van der Waals surface area (Å²) in [5.74, 6) is 0.830. The molecule has 3 aromatic rings. The first-order valence-corrected chi connectivity index (χ1v) is 9.77. The number of aliphatic imine (C=N–C) groups is 1. The Kier molecular flexibility index (Phi) is 9.17. The van der Waals surface area contributed by atoms with Crippen molar-refractivity contribution in [3.8, 4) is 5.69 Å². The molecule has 0 saturated carbocycles. The summed E-state index contributed by atoms with van der Waals surface area (Å²) in [7, 11) is 0. The highest BCUT2D eigenvalue weighted by molar-refractivity contribution is 14.0. The van der Waals surface area contributed by atoms with Crippen LogP contribution in [0.1, 0.15) is 30.3 Å². The van der Waals surface area contributed by atoms with Crippen LogP contribution in [0.2, 0.25) is 0 Å². The summed E-state index contributed by atoms with van der Waals surface area (Å²) >= 11 is 0. The maximum absolute atomic E-state index is 4.78. The number of aryl methyl sites for hydroxylation is 3. The molecule has 0 aliphatic carbocycles. The van der Waals surface area contributed by atoms with Crippen LogP contribution >= 0.6 is 24.0 Å². The standard InChI is InChI=1S/C21H29N7.HI/c1-4-23-21(24-10-7-12-27-13-11-22-16-27)25-15-19-8-5-6-9-20(19)28-18(3)14-17(2)26-28;/h5-6,8-9,11,13-14,16H,4,7,10,12,15H2,1-3H3,(H2,23,24,25);1H. The Morgan fingerprint density at radius 1 is 1.17 bits per heavy atom. The van der Waals surface area contributed by atoms with Gasteiger partial charge >= 0.3 is 0 Å². The molecule has 156 valence electrons. The van der Waals surface area contributed by atoms with Crippen LogP contribution in [0.3, 0.4) is 0 Å². The second-order valence-electron chi connectivity index (χ2n) is 6.74. The second-order valence-corrected chi connectivity index (χ2v) is 6.74. The molecule has 0 fully saturated rings. The summed E-state index contributed by atoms with van der Waals surface area (Å²) in [5.41, 5.74) is 4.36. The number of hydrogen-bond acceptors (Lipinski definition) is 3. The Morgan fingerprint density at radius 2 is 2.00 bits per heavy atom. The van der Waals surface area contributed by atoms with Crippen molar-refractivity contribution in [1.29, 1.82) is 0 Å². The molecule has 1 aromatic carbocycles. The first-order valence-electron chi connectivity index (χ1n) is 9.77. The largest absolute Gasteiger partial charge is 0.357 e. The highest BCUT2D eigenvalue weighted by Gasteiger charge is 2.08. The highest BCUT2D eigenvalue weighted by Crippen LogP contribution is 2.17. The van der Waals surface area contributed by atoms with E-state index in [4.69, 9.17) is 4.99 Å². The fourth-order valence-electron chi connectivity index (χ4n) is 3.12. The maximum atomic E-state index is 4.78. The second kappa shape index (κ2) is 11.6. The number of imidazole rings is 1. The van der Waals surface area contributed by atoms with Crippen LogP contribution in [-0.4, -0.2) is 38.4 Å². The summed E-state index contributed by atoms with van der Waals surface area (Å²) in [5, 5.41) is 11.3. The predicted molar refractivity (Wildman–Crippen MR) is 128 cm³/mol. The van der Waals surface area contributed by atoms with Gasteiger partial charge in [-0.2, -0.15) is 5.10 Å². The normalized spacial score (nSPS) is 11.2. The Labute approximate surface area is 189 Å². The van der Waals surface area contributed by atoms with Gasteiger partial charge in [0.05, 0.1) is 24.3 Å². The van der Waals surface area contributed by atoms with E-state index in [2.05, 4.69) is 57.3 Å². The lowest BCUT2D eigenvalue weighted by Crippen LogP contribution is -2.38. The number of hydrogen-bond donors (Lipinski definition) is 2. The molecule has 3 rings (SSSR count). The summed E-state index contributed by atoms with van der Waals surface area (Å²) in [6, 6.07) is 10.4. The van der Waals surface area contributed by atoms with Gasteiger partial charge in [-0.05, 0) is 44.9 Å². The average Bonchev–Trinajstić information content (AvgIpc) is 3.32. The molecular weight excluding hydrogens is 477 g/mol. The van der Waals surface area contributed by atoms with E-state index in [9.17, 15) is 0 Å². The van der Waals surface area contributed by atoms with E-state index < -0.39 is 0 Å². The Morgan fingerprint density at radius 3 is 2.69 bits per heavy atom. The van der Waals surface area contributed by atoms with Crippen molar-refractivity contribution < 1.29 is 0 Å². The van der Waals surface area contributed by atoms with Crippen molar-refractivity contribution in [2.24, 2.45) is 4.99 Å². The number of guanidine groups is 1. The monoisotopic (exact) mass is 507 g/mol. The lowest BCUT2D eigenvalue weighted by atomic mass is 10.2. The van der Waals surface area contributed by atoms with Crippen LogP contribution in [-0.2, 0) is 13.1 Å². The van der Waals surface area contributed by atoms with E-state index in [0.717, 1.165) is 54.7 Å². The zero-order valence-electron chi connectivity index (χ0n) is 17.3. The molecule has 7 nitrogen and oxygen atoms in total. The van der Waals surface area contributed by atoms with Gasteiger partial charge in [0.2, 0.25) is 0 Å². The lowest BCUT2D eigenvalue weighted by Gasteiger charge is -2.13. The molecule has 2 aromatic heterocycles. The molecule has 29 heavy (non-hydrogen) atoms. The average molecular weight is 507 g/mol. The van der Waals surface area contributed by atoms with Crippen molar-refractivity contribution >= 4 is 29.9 Å². The summed E-state index contributed by atoms with van der Waals surface area (Å²) in [4.78, 5) is 8.84. The molecule has 0 amide bonds. The number of benzene rings is 1. The van der Waals surface area contributed by atoms with Crippen LogP contribution in [0.4, 0.5) is 0 Å². The molecule has 0 aliphatic heterocycles. The van der Waals surface area contributed by atoms with Gasteiger partial charge in [0, 0.05) is 37.7 Å². The quantitative estimate of drug-likeness (QED) is 0.212. The first-order chi connectivity index (χ1) is 13.7. The van der Waals surface area contributed by atoms with Crippen molar-refractivity contribution in [3.63, 3.8) is 0 Å². The van der Waals surface area contributed by atoms with Crippen molar-refractivity contribution in [2.45, 2.75) is 40.3 Å². The molecule has 0 bridgehead atoms. The number of nitrogens with zero attached hydrogens (tertiary/aromatic N) is 5.